The Labute approximate surface area is 130 Å². The zero-order valence-electron chi connectivity index (χ0n) is 13.0. The molecule has 2 fully saturated rings. The van der Waals surface area contributed by atoms with Crippen molar-refractivity contribution in [3.63, 3.8) is 0 Å². The molecule has 2 unspecified atom stereocenters. The molecule has 0 aromatic heterocycles. The Morgan fingerprint density at radius 2 is 1.23 bits per heavy atom. The Bertz CT molecular complexity index is 432. The highest BCUT2D eigenvalue weighted by Gasteiger charge is 2.58. The van der Waals surface area contributed by atoms with Crippen molar-refractivity contribution < 1.29 is 19.1 Å². The van der Waals surface area contributed by atoms with Gasteiger partial charge in [-0.1, -0.05) is 12.2 Å². The second-order valence-electron chi connectivity index (χ2n) is 5.05. The Hall–Kier alpha value is -2.06. The number of nitrogens with zero attached hydrogens (tertiary/aromatic N) is 4. The predicted molar refractivity (Wildman–Crippen MR) is 79.6 cm³/mol. The minimum Gasteiger partial charge on any atom is -0.364 e. The fourth-order valence-electron chi connectivity index (χ4n) is 2.95. The SMILES string of the molecule is C=CCN1C(=O)N(CC=C)C2C1N(COC)C(=O)N2COC. The van der Waals surface area contributed by atoms with Crippen LogP contribution in [-0.2, 0) is 9.47 Å². The van der Waals surface area contributed by atoms with Gasteiger partial charge in [-0.15, -0.1) is 13.2 Å². The number of rotatable bonds is 8. The van der Waals surface area contributed by atoms with E-state index in [0.717, 1.165) is 0 Å². The summed E-state index contributed by atoms with van der Waals surface area (Å²) >= 11 is 0. The number of methoxy groups -OCH3 is 2. The second-order valence-corrected chi connectivity index (χ2v) is 5.05. The zero-order valence-corrected chi connectivity index (χ0v) is 13.0. The van der Waals surface area contributed by atoms with Crippen molar-refractivity contribution in [1.82, 2.24) is 19.6 Å². The first kappa shape index (κ1) is 16.3. The second kappa shape index (κ2) is 6.80. The third-order valence-electron chi connectivity index (χ3n) is 3.71. The van der Waals surface area contributed by atoms with E-state index < -0.39 is 12.3 Å². The topological polar surface area (TPSA) is 65.6 Å². The Balaban J connectivity index is 2.40. The van der Waals surface area contributed by atoms with Crippen molar-refractivity contribution in [1.29, 1.82) is 0 Å². The molecule has 0 aromatic rings. The number of fused-ring (bicyclic) bond motifs is 1. The average molecular weight is 310 g/mol. The van der Waals surface area contributed by atoms with E-state index in [9.17, 15) is 9.59 Å². The van der Waals surface area contributed by atoms with E-state index in [1.165, 1.54) is 24.0 Å². The van der Waals surface area contributed by atoms with Crippen molar-refractivity contribution >= 4 is 12.1 Å². The van der Waals surface area contributed by atoms with Crippen LogP contribution in [0.4, 0.5) is 9.59 Å². The molecular weight excluding hydrogens is 288 g/mol. The van der Waals surface area contributed by atoms with Crippen molar-refractivity contribution in [3.8, 4) is 0 Å². The highest BCUT2D eigenvalue weighted by molar-refractivity contribution is 5.85. The van der Waals surface area contributed by atoms with Gasteiger partial charge in [-0.05, 0) is 0 Å². The van der Waals surface area contributed by atoms with E-state index in [-0.39, 0.29) is 25.5 Å². The summed E-state index contributed by atoms with van der Waals surface area (Å²) in [6.07, 6.45) is 2.41. The van der Waals surface area contributed by atoms with Crippen LogP contribution in [0.3, 0.4) is 0 Å². The van der Waals surface area contributed by atoms with Crippen LogP contribution < -0.4 is 0 Å². The van der Waals surface area contributed by atoms with Crippen LogP contribution in [0.15, 0.2) is 25.3 Å². The largest absolute Gasteiger partial charge is 0.364 e. The summed E-state index contributed by atoms with van der Waals surface area (Å²) in [4.78, 5) is 31.4. The van der Waals surface area contributed by atoms with Gasteiger partial charge in [0.05, 0.1) is 0 Å². The number of carbonyl (C=O) groups excluding carboxylic acids is 2. The van der Waals surface area contributed by atoms with E-state index >= 15 is 0 Å². The van der Waals surface area contributed by atoms with E-state index in [1.807, 2.05) is 0 Å². The lowest BCUT2D eigenvalue weighted by atomic mass is 10.3. The Morgan fingerprint density at radius 3 is 1.55 bits per heavy atom. The molecule has 2 atom stereocenters. The molecule has 4 amide bonds. The maximum Gasteiger partial charge on any atom is 0.327 e. The standard InChI is InChI=1S/C14H22N4O4/c1-5-7-15-11-12(16(8-6-2)13(15)19)18(10-22-4)14(20)17(11)9-21-3/h5-6,11-12H,1-2,7-10H2,3-4H3. The number of hydrogen-bond donors (Lipinski definition) is 0. The number of ether oxygens (including phenoxy) is 2. The molecule has 2 aliphatic rings. The van der Waals surface area contributed by atoms with Crippen LogP contribution >= 0.6 is 0 Å². The molecule has 0 bridgehead atoms. The molecule has 22 heavy (non-hydrogen) atoms. The quantitative estimate of drug-likeness (QED) is 0.619. The number of hydrogen-bond acceptors (Lipinski definition) is 4. The molecule has 0 aromatic carbocycles. The van der Waals surface area contributed by atoms with Gasteiger partial charge in [0.2, 0.25) is 0 Å². The Kier molecular flexibility index (Phi) is 5.04. The van der Waals surface area contributed by atoms with Gasteiger partial charge in [-0.2, -0.15) is 0 Å². The van der Waals surface area contributed by atoms with Crippen LogP contribution in [0.1, 0.15) is 0 Å². The van der Waals surface area contributed by atoms with Gasteiger partial charge in [0.15, 0.2) is 12.3 Å². The summed E-state index contributed by atoms with van der Waals surface area (Å²) < 4.78 is 10.2. The first-order valence-corrected chi connectivity index (χ1v) is 6.96. The molecule has 0 radical (unpaired) electrons. The van der Waals surface area contributed by atoms with E-state index in [1.54, 1.807) is 22.0 Å². The maximum absolute atomic E-state index is 12.6. The zero-order chi connectivity index (χ0) is 16.3. The van der Waals surface area contributed by atoms with Crippen LogP contribution in [-0.4, -0.2) is 84.8 Å². The van der Waals surface area contributed by atoms with Crippen molar-refractivity contribution in [3.05, 3.63) is 25.3 Å². The summed E-state index contributed by atoms with van der Waals surface area (Å²) in [5.74, 6) is 0. The monoisotopic (exact) mass is 310 g/mol. The van der Waals surface area contributed by atoms with Crippen LogP contribution in [0.2, 0.25) is 0 Å². The van der Waals surface area contributed by atoms with Crippen LogP contribution in [0, 0.1) is 0 Å². The molecule has 0 N–H and O–H groups in total. The third-order valence-corrected chi connectivity index (χ3v) is 3.71. The smallest absolute Gasteiger partial charge is 0.327 e. The fraction of sp³-hybridized carbons (Fsp3) is 0.571. The van der Waals surface area contributed by atoms with Gasteiger partial charge in [0.1, 0.15) is 13.5 Å². The van der Waals surface area contributed by atoms with Gasteiger partial charge < -0.3 is 9.47 Å². The van der Waals surface area contributed by atoms with Gasteiger partial charge >= 0.3 is 12.1 Å². The molecule has 2 heterocycles. The molecule has 8 heteroatoms. The molecule has 2 saturated heterocycles. The number of urea groups is 2. The summed E-state index contributed by atoms with van der Waals surface area (Å²) in [7, 11) is 3.02. The molecule has 122 valence electrons. The summed E-state index contributed by atoms with van der Waals surface area (Å²) in [6, 6.07) is -0.390. The van der Waals surface area contributed by atoms with Crippen molar-refractivity contribution in [2.75, 3.05) is 40.8 Å². The minimum absolute atomic E-state index is 0.100. The lowest BCUT2D eigenvalue weighted by Crippen LogP contribution is -2.47. The van der Waals surface area contributed by atoms with E-state index in [0.29, 0.717) is 13.1 Å². The highest BCUT2D eigenvalue weighted by atomic mass is 16.5. The van der Waals surface area contributed by atoms with Crippen molar-refractivity contribution in [2.45, 2.75) is 12.3 Å². The van der Waals surface area contributed by atoms with Gasteiger partial charge in [0, 0.05) is 27.3 Å². The van der Waals surface area contributed by atoms with Crippen molar-refractivity contribution in [2.24, 2.45) is 0 Å². The summed E-state index contributed by atoms with van der Waals surface area (Å²) in [5, 5.41) is 0. The first-order valence-electron chi connectivity index (χ1n) is 6.96. The first-order chi connectivity index (χ1) is 10.6. The summed E-state index contributed by atoms with van der Waals surface area (Å²) in [5.41, 5.74) is 0. The molecule has 0 spiro atoms. The molecular formula is C14H22N4O4. The molecule has 2 rings (SSSR count). The molecule has 8 nitrogen and oxygen atoms in total. The minimum atomic E-state index is -0.437. The normalized spacial score (nSPS) is 24.3. The van der Waals surface area contributed by atoms with Gasteiger partial charge in [0.25, 0.3) is 0 Å². The number of carbonyl (C=O) groups is 2. The Morgan fingerprint density at radius 1 is 0.864 bits per heavy atom. The predicted octanol–water partition coefficient (Wildman–Crippen LogP) is 0.694. The van der Waals surface area contributed by atoms with Gasteiger partial charge in [-0.3, -0.25) is 19.6 Å². The summed E-state index contributed by atoms with van der Waals surface area (Å²) in [6.45, 7) is 8.27. The lowest BCUT2D eigenvalue weighted by Gasteiger charge is -2.28. The highest BCUT2D eigenvalue weighted by Crippen LogP contribution is 2.34. The number of amides is 4. The average Bonchev–Trinajstić information content (AvgIpc) is 2.90. The molecule has 0 aliphatic carbocycles. The van der Waals surface area contributed by atoms with E-state index in [2.05, 4.69) is 13.2 Å². The fourth-order valence-corrected chi connectivity index (χ4v) is 2.95. The lowest BCUT2D eigenvalue weighted by molar-refractivity contribution is 0.0321. The van der Waals surface area contributed by atoms with E-state index in [4.69, 9.17) is 9.47 Å². The van der Waals surface area contributed by atoms with Crippen LogP contribution in [0.5, 0.6) is 0 Å². The third kappa shape index (κ3) is 2.44. The van der Waals surface area contributed by atoms with Gasteiger partial charge in [-0.25, -0.2) is 9.59 Å². The molecule has 0 saturated carbocycles. The molecule has 2 aliphatic heterocycles. The van der Waals surface area contributed by atoms with Crippen LogP contribution in [0.25, 0.3) is 0 Å². The maximum atomic E-state index is 12.6.